The molecule has 0 aliphatic carbocycles. The van der Waals surface area contributed by atoms with Crippen molar-refractivity contribution in [2.75, 3.05) is 25.1 Å². The Labute approximate surface area is 132 Å². The van der Waals surface area contributed by atoms with Crippen LogP contribution in [-0.2, 0) is 0 Å². The molecule has 0 fully saturated rings. The second-order valence-electron chi connectivity index (χ2n) is 5.23. The van der Waals surface area contributed by atoms with Gasteiger partial charge in [-0.3, -0.25) is 0 Å². The van der Waals surface area contributed by atoms with E-state index >= 15 is 0 Å². The number of nitrogens with zero attached hydrogens (tertiary/aromatic N) is 4. The van der Waals surface area contributed by atoms with E-state index in [1.807, 2.05) is 30.3 Å². The fourth-order valence-electron chi connectivity index (χ4n) is 2.22. The minimum absolute atomic E-state index is 0.384. The number of para-hydroxylation sites is 1. The van der Waals surface area contributed by atoms with Gasteiger partial charge in [0.05, 0.1) is 37.1 Å². The van der Waals surface area contributed by atoms with Crippen molar-refractivity contribution in [2.24, 2.45) is 0 Å². The molecular weight excluding hydrogens is 298 g/mol. The normalized spacial score (nSPS) is 11.8. The molecule has 2 aromatic heterocycles. The molecular formula is C15H17N5O3. The number of rotatable bonds is 6. The van der Waals surface area contributed by atoms with Gasteiger partial charge >= 0.3 is 0 Å². The molecule has 0 spiro atoms. The molecule has 0 saturated carbocycles. The Morgan fingerprint density at radius 1 is 1.00 bits per heavy atom. The Hall–Kier alpha value is -2.55. The first-order valence-corrected chi connectivity index (χ1v) is 7.08. The van der Waals surface area contributed by atoms with Crippen molar-refractivity contribution < 1.29 is 15.3 Å². The summed E-state index contributed by atoms with van der Waals surface area (Å²) in [5, 5.41) is 36.2. The smallest absolute Gasteiger partial charge is 0.168 e. The predicted molar refractivity (Wildman–Crippen MR) is 84.3 cm³/mol. The van der Waals surface area contributed by atoms with Crippen LogP contribution in [0.4, 0.5) is 5.82 Å². The van der Waals surface area contributed by atoms with Crippen LogP contribution >= 0.6 is 0 Å². The van der Waals surface area contributed by atoms with Gasteiger partial charge in [0.25, 0.3) is 0 Å². The van der Waals surface area contributed by atoms with E-state index in [0.29, 0.717) is 16.9 Å². The van der Waals surface area contributed by atoms with E-state index in [-0.39, 0.29) is 0 Å². The maximum Gasteiger partial charge on any atom is 0.168 e. The molecule has 120 valence electrons. The maximum atomic E-state index is 9.45. The van der Waals surface area contributed by atoms with E-state index in [1.54, 1.807) is 10.9 Å². The van der Waals surface area contributed by atoms with Crippen molar-refractivity contribution in [1.29, 1.82) is 0 Å². The van der Waals surface area contributed by atoms with Crippen LogP contribution in [-0.4, -0.2) is 60.4 Å². The van der Waals surface area contributed by atoms with E-state index in [0.717, 1.165) is 5.69 Å². The van der Waals surface area contributed by atoms with Gasteiger partial charge in [-0.2, -0.15) is 5.10 Å². The van der Waals surface area contributed by atoms with Crippen LogP contribution in [0.5, 0.6) is 0 Å². The molecule has 3 rings (SSSR count). The summed E-state index contributed by atoms with van der Waals surface area (Å²) in [4.78, 5) is 8.38. The van der Waals surface area contributed by atoms with Crippen LogP contribution in [0.1, 0.15) is 0 Å². The van der Waals surface area contributed by atoms with Gasteiger partial charge in [0.1, 0.15) is 17.7 Å². The summed E-state index contributed by atoms with van der Waals surface area (Å²) in [6.45, 7) is -1.34. The van der Waals surface area contributed by atoms with Gasteiger partial charge in [0, 0.05) is 0 Å². The maximum absolute atomic E-state index is 9.45. The molecule has 0 unspecified atom stereocenters. The minimum Gasteiger partial charge on any atom is -0.394 e. The highest BCUT2D eigenvalue weighted by Crippen LogP contribution is 2.24. The molecule has 0 amide bonds. The van der Waals surface area contributed by atoms with Crippen LogP contribution in [0.2, 0.25) is 0 Å². The summed E-state index contributed by atoms with van der Waals surface area (Å²) in [6, 6.07) is 9.52. The monoisotopic (exact) mass is 315 g/mol. The van der Waals surface area contributed by atoms with Gasteiger partial charge in [-0.15, -0.1) is 0 Å². The van der Waals surface area contributed by atoms with Crippen molar-refractivity contribution in [3.8, 4) is 5.69 Å². The van der Waals surface area contributed by atoms with Crippen LogP contribution in [0.25, 0.3) is 16.7 Å². The molecule has 1 aromatic carbocycles. The third-order valence-corrected chi connectivity index (χ3v) is 3.66. The molecule has 8 heteroatoms. The number of aliphatic hydroxyl groups excluding tert-OH is 3. The quantitative estimate of drug-likeness (QED) is 0.503. The van der Waals surface area contributed by atoms with Crippen LogP contribution < -0.4 is 5.32 Å². The average Bonchev–Trinajstić information content (AvgIpc) is 3.05. The Kier molecular flexibility index (Phi) is 4.20. The first-order valence-electron chi connectivity index (χ1n) is 7.08. The van der Waals surface area contributed by atoms with Crippen LogP contribution in [0.15, 0.2) is 42.9 Å². The lowest BCUT2D eigenvalue weighted by Gasteiger charge is -2.29. The van der Waals surface area contributed by atoms with E-state index in [2.05, 4.69) is 20.4 Å². The Morgan fingerprint density at radius 3 is 2.35 bits per heavy atom. The first kappa shape index (κ1) is 15.3. The molecule has 0 radical (unpaired) electrons. The zero-order valence-corrected chi connectivity index (χ0v) is 12.3. The zero-order valence-electron chi connectivity index (χ0n) is 12.3. The fourth-order valence-corrected chi connectivity index (χ4v) is 2.22. The lowest BCUT2D eigenvalue weighted by atomic mass is 10.0. The largest absolute Gasteiger partial charge is 0.394 e. The van der Waals surface area contributed by atoms with Crippen molar-refractivity contribution >= 4 is 16.9 Å². The predicted octanol–water partition coefficient (Wildman–Crippen LogP) is -0.0569. The lowest BCUT2D eigenvalue weighted by Crippen LogP contribution is -2.49. The minimum atomic E-state index is -1.27. The van der Waals surface area contributed by atoms with Crippen LogP contribution in [0, 0.1) is 0 Å². The van der Waals surface area contributed by atoms with Crippen molar-refractivity contribution in [3.63, 3.8) is 0 Å². The highest BCUT2D eigenvalue weighted by atomic mass is 16.3. The second-order valence-corrected chi connectivity index (χ2v) is 5.23. The third kappa shape index (κ3) is 2.74. The Morgan fingerprint density at radius 2 is 1.70 bits per heavy atom. The molecule has 8 nitrogen and oxygen atoms in total. The number of hydrogen-bond donors (Lipinski definition) is 4. The molecule has 0 atom stereocenters. The number of nitrogens with one attached hydrogen (secondary N) is 1. The summed E-state index contributed by atoms with van der Waals surface area (Å²) in [7, 11) is 0. The molecule has 4 N–H and O–H groups in total. The van der Waals surface area contributed by atoms with E-state index < -0.39 is 25.4 Å². The standard InChI is InChI=1S/C15H17N5O3/c21-7-15(8-22,9-23)19-13-12-6-18-20(14(12)17-10-16-13)11-4-2-1-3-5-11/h1-6,10,21-23H,7-9H2,(H,16,17,19). The average molecular weight is 315 g/mol. The molecule has 2 heterocycles. The third-order valence-electron chi connectivity index (χ3n) is 3.66. The van der Waals surface area contributed by atoms with Gasteiger partial charge < -0.3 is 20.6 Å². The van der Waals surface area contributed by atoms with Gasteiger partial charge in [-0.1, -0.05) is 18.2 Å². The SMILES string of the molecule is OCC(CO)(CO)Nc1ncnc2c1cnn2-c1ccccc1. The first-order chi connectivity index (χ1) is 11.2. The Bertz CT molecular complexity index is 778. The number of fused-ring (bicyclic) bond motifs is 1. The van der Waals surface area contributed by atoms with Gasteiger partial charge in [-0.25, -0.2) is 14.6 Å². The summed E-state index contributed by atoms with van der Waals surface area (Å²) in [5.74, 6) is 0.384. The molecule has 3 aromatic rings. The number of hydrogen-bond acceptors (Lipinski definition) is 7. The number of aromatic nitrogens is 4. The molecule has 0 aliphatic heterocycles. The molecule has 0 saturated heterocycles. The number of benzene rings is 1. The topological polar surface area (TPSA) is 116 Å². The zero-order chi connectivity index (χ0) is 16.3. The molecule has 0 bridgehead atoms. The van der Waals surface area contributed by atoms with E-state index in [9.17, 15) is 15.3 Å². The van der Waals surface area contributed by atoms with Crippen molar-refractivity contribution in [1.82, 2.24) is 19.7 Å². The van der Waals surface area contributed by atoms with E-state index in [4.69, 9.17) is 0 Å². The van der Waals surface area contributed by atoms with E-state index in [1.165, 1.54) is 6.33 Å². The summed E-state index contributed by atoms with van der Waals surface area (Å²) < 4.78 is 1.67. The second kappa shape index (κ2) is 6.29. The van der Waals surface area contributed by atoms with Crippen molar-refractivity contribution in [3.05, 3.63) is 42.9 Å². The number of anilines is 1. The van der Waals surface area contributed by atoms with Gasteiger partial charge in [0.15, 0.2) is 5.65 Å². The summed E-state index contributed by atoms with van der Waals surface area (Å²) >= 11 is 0. The highest BCUT2D eigenvalue weighted by molar-refractivity contribution is 5.87. The van der Waals surface area contributed by atoms with Gasteiger partial charge in [-0.05, 0) is 12.1 Å². The fraction of sp³-hybridized carbons (Fsp3) is 0.267. The lowest BCUT2D eigenvalue weighted by molar-refractivity contribution is 0.0832. The molecule has 0 aliphatic rings. The van der Waals surface area contributed by atoms with Crippen LogP contribution in [0.3, 0.4) is 0 Å². The summed E-state index contributed by atoms with van der Waals surface area (Å²) in [6.07, 6.45) is 2.96. The van der Waals surface area contributed by atoms with Gasteiger partial charge in [0.2, 0.25) is 0 Å². The highest BCUT2D eigenvalue weighted by Gasteiger charge is 2.29. The van der Waals surface area contributed by atoms with Crippen molar-refractivity contribution in [2.45, 2.75) is 5.54 Å². The number of aliphatic hydroxyl groups is 3. The summed E-state index contributed by atoms with van der Waals surface area (Å²) in [5.41, 5.74) is 0.164. The molecule has 23 heavy (non-hydrogen) atoms. The Balaban J connectivity index is 2.06.